The van der Waals surface area contributed by atoms with Crippen molar-refractivity contribution >= 4 is 16.3 Å². The Hall–Kier alpha value is -0.900. The summed E-state index contributed by atoms with van der Waals surface area (Å²) in [5, 5.41) is 45.1. The van der Waals surface area contributed by atoms with E-state index in [1.807, 2.05) is 0 Å². The molecule has 7 unspecified atom stereocenters. The molecule has 1 aliphatic rings. The lowest BCUT2D eigenvalue weighted by Gasteiger charge is -2.41. The fourth-order valence-electron chi connectivity index (χ4n) is 9.88. The van der Waals surface area contributed by atoms with Crippen molar-refractivity contribution in [2.45, 2.75) is 339 Å². The summed E-state index contributed by atoms with van der Waals surface area (Å²) >= 11 is 0. The van der Waals surface area contributed by atoms with Crippen molar-refractivity contribution in [3.8, 4) is 0 Å². The van der Waals surface area contributed by atoms with Crippen LogP contribution in [0, 0.1) is 0 Å². The third-order valence-corrected chi connectivity index (χ3v) is 14.9. The Balaban J connectivity index is 2.34. The molecule has 0 aromatic carbocycles. The van der Waals surface area contributed by atoms with Crippen LogP contribution in [0.4, 0.5) is 0 Å². The normalized spacial score (nSPS) is 19.6. The zero-order valence-electron chi connectivity index (χ0n) is 44.7. The Morgan fingerprint density at radius 3 is 1.16 bits per heavy atom. The molecule has 0 saturated carbocycles. The number of rotatable bonds is 52. The average molecular weight is 1010 g/mol. The summed E-state index contributed by atoms with van der Waals surface area (Å²) in [6.45, 7) is 3.51. The highest BCUT2D eigenvalue weighted by Gasteiger charge is 2.48. The second-order valence-electron chi connectivity index (χ2n) is 21.0. The molecule has 7 atom stereocenters. The minimum Gasteiger partial charge on any atom is -0.394 e. The van der Waals surface area contributed by atoms with Crippen LogP contribution in [0.1, 0.15) is 296 Å². The van der Waals surface area contributed by atoms with Crippen LogP contribution in [0.15, 0.2) is 0 Å². The minimum atomic E-state index is -5.08. The van der Waals surface area contributed by atoms with E-state index in [1.54, 1.807) is 0 Å². The minimum absolute atomic E-state index is 0.222. The molecule has 1 heterocycles. The van der Waals surface area contributed by atoms with Crippen LogP contribution < -0.4 is 5.32 Å². The number of aliphatic hydroxyl groups excluding tert-OH is 4. The maximum absolute atomic E-state index is 13.2. The van der Waals surface area contributed by atoms with E-state index in [-0.39, 0.29) is 12.5 Å². The number of carbonyl (C=O) groups is 1. The number of aliphatic hydroxyl groups is 4. The number of hydrogen-bond donors (Lipinski definition) is 6. The number of amides is 1. The van der Waals surface area contributed by atoms with E-state index in [0.29, 0.717) is 12.8 Å². The molecule has 6 N–H and O–H groups in total. The Morgan fingerprint density at radius 1 is 0.522 bits per heavy atom. The smallest absolute Gasteiger partial charge is 0.394 e. The third-order valence-electron chi connectivity index (χ3n) is 14.4. The second kappa shape index (κ2) is 46.9. The first-order valence-corrected chi connectivity index (χ1v) is 30.8. The SMILES string of the molecule is CCCCCCCCCCCCCCCCCCCCCCCCC(=O)NC(COC1OC(CO)C(O)C(OS(=O)(=O)O)C1O)C(O)CCCCCCCCCCCCCCCCCCCCCC. The van der Waals surface area contributed by atoms with E-state index in [4.69, 9.17) is 9.47 Å². The number of hydrogen-bond acceptors (Lipinski definition) is 10. The zero-order chi connectivity index (χ0) is 50.5. The van der Waals surface area contributed by atoms with Crippen LogP contribution in [0.2, 0.25) is 0 Å². The van der Waals surface area contributed by atoms with Gasteiger partial charge in [0, 0.05) is 6.42 Å². The summed E-state index contributed by atoms with van der Waals surface area (Å²) in [7, 11) is -5.08. The van der Waals surface area contributed by atoms with Gasteiger partial charge in [-0.1, -0.05) is 277 Å². The van der Waals surface area contributed by atoms with E-state index < -0.39 is 59.9 Å². The summed E-state index contributed by atoms with van der Waals surface area (Å²) in [5.74, 6) is -0.222. The van der Waals surface area contributed by atoms with Gasteiger partial charge < -0.3 is 35.2 Å². The fraction of sp³-hybridized carbons (Fsp3) is 0.982. The Labute approximate surface area is 424 Å². The first-order valence-electron chi connectivity index (χ1n) is 29.4. The molecule has 0 spiro atoms. The van der Waals surface area contributed by atoms with Crippen molar-refractivity contribution in [2.24, 2.45) is 0 Å². The van der Waals surface area contributed by atoms with Crippen molar-refractivity contribution < 1.29 is 51.8 Å². The summed E-state index contributed by atoms with van der Waals surface area (Å²) in [6, 6.07) is -0.853. The van der Waals surface area contributed by atoms with Crippen LogP contribution in [-0.2, 0) is 28.9 Å². The maximum atomic E-state index is 13.2. The van der Waals surface area contributed by atoms with Crippen LogP contribution >= 0.6 is 0 Å². The highest BCUT2D eigenvalue weighted by molar-refractivity contribution is 7.80. The molecule has 0 radical (unpaired) electrons. The molecule has 1 amide bonds. The molecule has 1 saturated heterocycles. The number of unbranched alkanes of at least 4 members (excludes halogenated alkanes) is 40. The van der Waals surface area contributed by atoms with Crippen molar-refractivity contribution in [2.75, 3.05) is 13.2 Å². The largest absolute Gasteiger partial charge is 0.397 e. The molecule has 13 heteroatoms. The Kier molecular flexibility index (Phi) is 44.9. The standard InChI is InChI=1S/C56H111NO11S/c1-3-5-7-9-11-13-15-17-19-21-23-25-26-28-30-32-34-36-38-40-42-44-46-52(60)57-49(48-66-56-54(62)55(68-69(63,64)65)53(61)51(47-58)67-56)50(59)45-43-41-39-37-35-33-31-29-27-24-22-20-18-16-14-12-10-8-6-4-2/h49-51,53-56,58-59,61-62H,3-48H2,1-2H3,(H,57,60)(H,63,64,65). The van der Waals surface area contributed by atoms with Gasteiger partial charge in [0.1, 0.15) is 24.4 Å². The lowest BCUT2D eigenvalue weighted by molar-refractivity contribution is -0.298. The molecule has 69 heavy (non-hydrogen) atoms. The van der Waals surface area contributed by atoms with Gasteiger partial charge in [-0.15, -0.1) is 0 Å². The molecular formula is C56H111NO11S. The Bertz CT molecular complexity index is 1230. The van der Waals surface area contributed by atoms with E-state index in [0.717, 1.165) is 51.4 Å². The molecule has 0 aromatic heterocycles. The summed E-state index contributed by atoms with van der Waals surface area (Å²) < 4.78 is 47.9. The molecule has 0 bridgehead atoms. The third kappa shape index (κ3) is 39.3. The predicted octanol–water partition coefficient (Wildman–Crippen LogP) is 13.7. The van der Waals surface area contributed by atoms with E-state index in [9.17, 15) is 38.2 Å². The van der Waals surface area contributed by atoms with Gasteiger partial charge in [-0.25, -0.2) is 4.18 Å². The van der Waals surface area contributed by atoms with E-state index >= 15 is 0 Å². The van der Waals surface area contributed by atoms with Crippen molar-refractivity contribution in [3.05, 3.63) is 0 Å². The predicted molar refractivity (Wildman–Crippen MR) is 283 cm³/mol. The first kappa shape index (κ1) is 66.1. The zero-order valence-corrected chi connectivity index (χ0v) is 45.5. The van der Waals surface area contributed by atoms with Crippen LogP contribution in [0.3, 0.4) is 0 Å². The summed E-state index contributed by atoms with van der Waals surface area (Å²) in [5.41, 5.74) is 0. The molecule has 1 rings (SSSR count). The molecule has 12 nitrogen and oxygen atoms in total. The Morgan fingerprint density at radius 2 is 0.841 bits per heavy atom. The summed E-state index contributed by atoms with van der Waals surface area (Å²) in [6.07, 6.45) is 45.3. The average Bonchev–Trinajstić information content (AvgIpc) is 3.32. The molecule has 1 fully saturated rings. The second-order valence-corrected chi connectivity index (χ2v) is 22.0. The van der Waals surface area contributed by atoms with E-state index in [2.05, 4.69) is 23.3 Å². The van der Waals surface area contributed by atoms with Crippen LogP contribution in [0.5, 0.6) is 0 Å². The van der Waals surface area contributed by atoms with Crippen molar-refractivity contribution in [1.29, 1.82) is 0 Å². The van der Waals surface area contributed by atoms with Crippen LogP contribution in [-0.4, -0.2) is 95.4 Å². The van der Waals surface area contributed by atoms with E-state index in [1.165, 1.54) is 218 Å². The molecule has 412 valence electrons. The highest BCUT2D eigenvalue weighted by atomic mass is 32.3. The summed E-state index contributed by atoms with van der Waals surface area (Å²) in [4.78, 5) is 13.2. The highest BCUT2D eigenvalue weighted by Crippen LogP contribution is 2.26. The van der Waals surface area contributed by atoms with Gasteiger partial charge in [0.15, 0.2) is 6.29 Å². The van der Waals surface area contributed by atoms with Gasteiger partial charge in [0.2, 0.25) is 5.91 Å². The number of nitrogens with one attached hydrogen (secondary N) is 1. The quantitative estimate of drug-likeness (QED) is 0.0251. The van der Waals surface area contributed by atoms with Gasteiger partial charge >= 0.3 is 10.4 Å². The van der Waals surface area contributed by atoms with Gasteiger partial charge in [-0.2, -0.15) is 8.42 Å². The monoisotopic (exact) mass is 1010 g/mol. The lowest BCUT2D eigenvalue weighted by Crippen LogP contribution is -2.61. The maximum Gasteiger partial charge on any atom is 0.397 e. The molecule has 0 aromatic rings. The molecule has 1 aliphatic heterocycles. The van der Waals surface area contributed by atoms with Gasteiger partial charge in [-0.3, -0.25) is 9.35 Å². The lowest BCUT2D eigenvalue weighted by atomic mass is 9.99. The van der Waals surface area contributed by atoms with Crippen molar-refractivity contribution in [3.63, 3.8) is 0 Å². The molecule has 0 aliphatic carbocycles. The van der Waals surface area contributed by atoms with Crippen molar-refractivity contribution in [1.82, 2.24) is 5.32 Å². The molecular weight excluding hydrogens is 895 g/mol. The fourth-order valence-corrected chi connectivity index (χ4v) is 10.4. The number of carbonyl (C=O) groups excluding carboxylic acids is 1. The topological polar surface area (TPSA) is 192 Å². The van der Waals surface area contributed by atoms with Gasteiger partial charge in [-0.05, 0) is 12.8 Å². The number of ether oxygens (including phenoxy) is 2. The van der Waals surface area contributed by atoms with Gasteiger partial charge in [0.25, 0.3) is 0 Å². The van der Waals surface area contributed by atoms with Crippen LogP contribution in [0.25, 0.3) is 0 Å². The van der Waals surface area contributed by atoms with Gasteiger partial charge in [0.05, 0.1) is 25.4 Å². The first-order chi connectivity index (χ1) is 33.5.